The van der Waals surface area contributed by atoms with Crippen LogP contribution in [0.15, 0.2) is 48.5 Å². The van der Waals surface area contributed by atoms with Crippen molar-refractivity contribution in [2.75, 3.05) is 14.2 Å². The van der Waals surface area contributed by atoms with Crippen LogP contribution in [0.5, 0.6) is 5.75 Å². The zero-order chi connectivity index (χ0) is 13.7. The van der Waals surface area contributed by atoms with Gasteiger partial charge in [-0.1, -0.05) is 42.0 Å². The predicted octanol–water partition coefficient (Wildman–Crippen LogP) is 3.51. The van der Waals surface area contributed by atoms with Gasteiger partial charge in [-0.05, 0) is 43.7 Å². The quantitative estimate of drug-likeness (QED) is 0.883. The summed E-state index contributed by atoms with van der Waals surface area (Å²) < 4.78 is 5.19. The van der Waals surface area contributed by atoms with Crippen molar-refractivity contribution in [2.24, 2.45) is 0 Å². The summed E-state index contributed by atoms with van der Waals surface area (Å²) in [5.74, 6) is 0.897. The van der Waals surface area contributed by atoms with Crippen LogP contribution in [0, 0.1) is 6.92 Å². The Kier molecular flexibility index (Phi) is 4.58. The minimum absolute atomic E-state index is 0.327. The van der Waals surface area contributed by atoms with Crippen molar-refractivity contribution in [1.82, 2.24) is 5.32 Å². The lowest BCUT2D eigenvalue weighted by Crippen LogP contribution is -2.18. The summed E-state index contributed by atoms with van der Waals surface area (Å²) in [5, 5.41) is 3.38. The lowest BCUT2D eigenvalue weighted by atomic mass is 9.98. The lowest BCUT2D eigenvalue weighted by molar-refractivity contribution is 0.414. The summed E-state index contributed by atoms with van der Waals surface area (Å²) in [6.07, 6.45) is 0.989. The molecule has 0 aliphatic carbocycles. The molecule has 19 heavy (non-hydrogen) atoms. The first-order valence-electron chi connectivity index (χ1n) is 6.59. The maximum atomic E-state index is 5.19. The van der Waals surface area contributed by atoms with Crippen LogP contribution in [0.2, 0.25) is 0 Å². The standard InChI is InChI=1S/C17H21NO/c1-13-4-6-14(7-5-13)12-17(18-2)15-8-10-16(19-3)11-9-15/h4-11,17-18H,12H2,1-3H3. The number of ether oxygens (including phenoxy) is 1. The molecule has 0 saturated carbocycles. The smallest absolute Gasteiger partial charge is 0.118 e. The summed E-state index contributed by atoms with van der Waals surface area (Å²) in [4.78, 5) is 0. The Morgan fingerprint density at radius 1 is 1.00 bits per heavy atom. The molecule has 100 valence electrons. The van der Waals surface area contributed by atoms with Gasteiger partial charge < -0.3 is 10.1 Å². The van der Waals surface area contributed by atoms with E-state index in [0.29, 0.717) is 6.04 Å². The molecule has 0 amide bonds. The van der Waals surface area contributed by atoms with Gasteiger partial charge in [0.25, 0.3) is 0 Å². The first-order valence-corrected chi connectivity index (χ1v) is 6.59. The normalized spacial score (nSPS) is 12.2. The second kappa shape index (κ2) is 6.39. The van der Waals surface area contributed by atoms with E-state index in [1.54, 1.807) is 7.11 Å². The average molecular weight is 255 g/mol. The van der Waals surface area contributed by atoms with Gasteiger partial charge in [0.2, 0.25) is 0 Å². The third kappa shape index (κ3) is 3.58. The van der Waals surface area contributed by atoms with Crippen molar-refractivity contribution >= 4 is 0 Å². The van der Waals surface area contributed by atoms with Crippen molar-refractivity contribution in [3.05, 3.63) is 65.2 Å². The van der Waals surface area contributed by atoms with Crippen LogP contribution < -0.4 is 10.1 Å². The van der Waals surface area contributed by atoms with Gasteiger partial charge >= 0.3 is 0 Å². The van der Waals surface area contributed by atoms with E-state index in [-0.39, 0.29) is 0 Å². The number of aryl methyl sites for hydroxylation is 1. The Morgan fingerprint density at radius 2 is 1.63 bits per heavy atom. The minimum Gasteiger partial charge on any atom is -0.497 e. The minimum atomic E-state index is 0.327. The highest BCUT2D eigenvalue weighted by Gasteiger charge is 2.10. The molecule has 0 fully saturated rings. The SMILES string of the molecule is CNC(Cc1ccc(C)cc1)c1ccc(OC)cc1. The van der Waals surface area contributed by atoms with Gasteiger partial charge in [0.15, 0.2) is 0 Å². The first kappa shape index (κ1) is 13.6. The van der Waals surface area contributed by atoms with Crippen molar-refractivity contribution in [3.8, 4) is 5.75 Å². The van der Waals surface area contributed by atoms with Crippen molar-refractivity contribution in [2.45, 2.75) is 19.4 Å². The zero-order valence-electron chi connectivity index (χ0n) is 11.8. The van der Waals surface area contributed by atoms with E-state index in [0.717, 1.165) is 12.2 Å². The molecule has 1 atom stereocenters. The van der Waals surface area contributed by atoms with Gasteiger partial charge in [0.1, 0.15) is 5.75 Å². The fourth-order valence-corrected chi connectivity index (χ4v) is 2.18. The Morgan fingerprint density at radius 3 is 2.16 bits per heavy atom. The van der Waals surface area contributed by atoms with Crippen molar-refractivity contribution in [3.63, 3.8) is 0 Å². The topological polar surface area (TPSA) is 21.3 Å². The third-order valence-corrected chi connectivity index (χ3v) is 3.43. The van der Waals surface area contributed by atoms with E-state index < -0.39 is 0 Å². The molecule has 2 rings (SSSR count). The molecule has 2 aromatic carbocycles. The maximum Gasteiger partial charge on any atom is 0.118 e. The number of methoxy groups -OCH3 is 1. The highest BCUT2D eigenvalue weighted by atomic mass is 16.5. The summed E-state index contributed by atoms with van der Waals surface area (Å²) in [6, 6.07) is 17.3. The number of nitrogens with one attached hydrogen (secondary N) is 1. The highest BCUT2D eigenvalue weighted by molar-refractivity contribution is 5.31. The van der Waals surface area contributed by atoms with Crippen molar-refractivity contribution < 1.29 is 4.74 Å². The fraction of sp³-hybridized carbons (Fsp3) is 0.294. The Hall–Kier alpha value is -1.80. The van der Waals surface area contributed by atoms with Gasteiger partial charge in [-0.25, -0.2) is 0 Å². The van der Waals surface area contributed by atoms with E-state index >= 15 is 0 Å². The number of hydrogen-bond acceptors (Lipinski definition) is 2. The molecule has 2 heteroatoms. The van der Waals surface area contributed by atoms with Crippen LogP contribution in [0.4, 0.5) is 0 Å². The lowest BCUT2D eigenvalue weighted by Gasteiger charge is -2.17. The molecule has 0 aromatic heterocycles. The molecule has 1 unspecified atom stereocenters. The van der Waals surface area contributed by atoms with Gasteiger partial charge in [-0.15, -0.1) is 0 Å². The molecule has 0 saturated heterocycles. The third-order valence-electron chi connectivity index (χ3n) is 3.43. The van der Waals surface area contributed by atoms with E-state index in [4.69, 9.17) is 4.74 Å². The number of benzene rings is 2. The summed E-state index contributed by atoms with van der Waals surface area (Å²) >= 11 is 0. The predicted molar refractivity (Wildman–Crippen MR) is 79.7 cm³/mol. The second-order valence-corrected chi connectivity index (χ2v) is 4.80. The summed E-state index contributed by atoms with van der Waals surface area (Å²) in [7, 11) is 3.69. The zero-order valence-corrected chi connectivity index (χ0v) is 11.8. The second-order valence-electron chi connectivity index (χ2n) is 4.80. The number of rotatable bonds is 5. The van der Waals surface area contributed by atoms with Crippen LogP contribution in [-0.4, -0.2) is 14.2 Å². The van der Waals surface area contributed by atoms with Gasteiger partial charge in [0.05, 0.1) is 7.11 Å². The average Bonchev–Trinajstić information content (AvgIpc) is 2.47. The number of likely N-dealkylation sites (N-methyl/N-ethyl adjacent to an activating group) is 1. The molecular formula is C17H21NO. The Bertz CT molecular complexity index is 502. The van der Waals surface area contributed by atoms with Crippen LogP contribution >= 0.6 is 0 Å². The maximum absolute atomic E-state index is 5.19. The molecule has 0 radical (unpaired) electrons. The van der Waals surface area contributed by atoms with E-state index in [9.17, 15) is 0 Å². The van der Waals surface area contributed by atoms with Crippen LogP contribution in [-0.2, 0) is 6.42 Å². The van der Waals surface area contributed by atoms with Crippen LogP contribution in [0.1, 0.15) is 22.7 Å². The molecule has 0 spiro atoms. The highest BCUT2D eigenvalue weighted by Crippen LogP contribution is 2.21. The molecular weight excluding hydrogens is 234 g/mol. The molecule has 0 aliphatic rings. The monoisotopic (exact) mass is 255 g/mol. The van der Waals surface area contributed by atoms with Crippen LogP contribution in [0.25, 0.3) is 0 Å². The Balaban J connectivity index is 2.12. The molecule has 2 aromatic rings. The summed E-state index contributed by atoms with van der Waals surface area (Å²) in [6.45, 7) is 2.11. The van der Waals surface area contributed by atoms with E-state index in [1.165, 1.54) is 16.7 Å². The number of hydrogen-bond donors (Lipinski definition) is 1. The largest absolute Gasteiger partial charge is 0.497 e. The molecule has 0 heterocycles. The van der Waals surface area contributed by atoms with Gasteiger partial charge in [-0.2, -0.15) is 0 Å². The first-order chi connectivity index (χ1) is 9.22. The molecule has 0 aliphatic heterocycles. The Labute approximate surface area is 115 Å². The van der Waals surface area contributed by atoms with E-state index in [2.05, 4.69) is 48.6 Å². The van der Waals surface area contributed by atoms with Gasteiger partial charge in [-0.3, -0.25) is 0 Å². The molecule has 0 bridgehead atoms. The summed E-state index contributed by atoms with van der Waals surface area (Å²) in [5.41, 5.74) is 3.93. The van der Waals surface area contributed by atoms with Crippen LogP contribution in [0.3, 0.4) is 0 Å². The molecule has 1 N–H and O–H groups in total. The molecule has 2 nitrogen and oxygen atoms in total. The van der Waals surface area contributed by atoms with Gasteiger partial charge in [0, 0.05) is 6.04 Å². The fourth-order valence-electron chi connectivity index (χ4n) is 2.18. The van der Waals surface area contributed by atoms with E-state index in [1.807, 2.05) is 19.2 Å². The van der Waals surface area contributed by atoms with Crippen molar-refractivity contribution in [1.29, 1.82) is 0 Å².